The van der Waals surface area contributed by atoms with Crippen molar-refractivity contribution < 1.29 is 14.3 Å². The average molecular weight is 448 g/mol. The number of carbonyl (C=O) groups excluding carboxylic acids is 1. The van der Waals surface area contributed by atoms with Crippen LogP contribution in [0.5, 0.6) is 11.5 Å². The minimum atomic E-state index is -0.150. The molecule has 0 saturated heterocycles. The van der Waals surface area contributed by atoms with Crippen molar-refractivity contribution in [3.63, 3.8) is 0 Å². The van der Waals surface area contributed by atoms with Crippen LogP contribution in [0.2, 0.25) is 0 Å². The van der Waals surface area contributed by atoms with E-state index >= 15 is 0 Å². The van der Waals surface area contributed by atoms with Gasteiger partial charge in [-0.15, -0.1) is 10.2 Å². The van der Waals surface area contributed by atoms with Crippen LogP contribution in [0.1, 0.15) is 0 Å². The average Bonchev–Trinajstić information content (AvgIpc) is 3.38. The third kappa shape index (κ3) is 5.06. The molecule has 0 radical (unpaired) electrons. The van der Waals surface area contributed by atoms with Crippen LogP contribution in [0.4, 0.5) is 5.69 Å². The summed E-state index contributed by atoms with van der Waals surface area (Å²) in [7, 11) is 3.12. The molecule has 0 saturated carbocycles. The largest absolute Gasteiger partial charge is 0.493 e. The summed E-state index contributed by atoms with van der Waals surface area (Å²) in [5.41, 5.74) is 3.38. The highest BCUT2D eigenvalue weighted by Gasteiger charge is 2.09. The molecule has 0 unspecified atom stereocenters. The Balaban J connectivity index is 1.33. The molecule has 0 spiro atoms. The van der Waals surface area contributed by atoms with Gasteiger partial charge in [0.15, 0.2) is 11.5 Å². The number of hydrogen-bond acceptors (Lipinski definition) is 7. The van der Waals surface area contributed by atoms with Gasteiger partial charge >= 0.3 is 0 Å². The summed E-state index contributed by atoms with van der Waals surface area (Å²) in [6.45, 7) is 0. The van der Waals surface area contributed by atoms with Crippen LogP contribution in [0.15, 0.2) is 78.3 Å². The molecular formula is C23H21N5O3S. The predicted molar refractivity (Wildman–Crippen MR) is 123 cm³/mol. The van der Waals surface area contributed by atoms with Crippen molar-refractivity contribution in [3.05, 3.63) is 73.3 Å². The fourth-order valence-corrected chi connectivity index (χ4v) is 3.63. The lowest BCUT2D eigenvalue weighted by Crippen LogP contribution is -2.14. The molecular weight excluding hydrogens is 426 g/mol. The maximum absolute atomic E-state index is 12.3. The highest BCUT2D eigenvalue weighted by molar-refractivity contribution is 7.99. The number of rotatable bonds is 8. The number of imidazole rings is 1. The zero-order valence-electron chi connectivity index (χ0n) is 17.6. The first-order valence-electron chi connectivity index (χ1n) is 9.73. The number of nitrogens with one attached hydrogen (secondary N) is 1. The van der Waals surface area contributed by atoms with E-state index in [1.165, 1.54) is 11.8 Å². The second-order valence-corrected chi connectivity index (χ2v) is 7.68. The van der Waals surface area contributed by atoms with Gasteiger partial charge < -0.3 is 19.4 Å². The number of anilines is 1. The fourth-order valence-electron chi connectivity index (χ4n) is 3.02. The Labute approximate surface area is 189 Å². The number of ether oxygens (including phenoxy) is 2. The molecule has 32 heavy (non-hydrogen) atoms. The summed E-state index contributed by atoms with van der Waals surface area (Å²) < 4.78 is 12.4. The van der Waals surface area contributed by atoms with Crippen molar-refractivity contribution >= 4 is 23.4 Å². The predicted octanol–water partition coefficient (Wildman–Crippen LogP) is 4.08. The highest BCUT2D eigenvalue weighted by atomic mass is 32.2. The standard InChI is InChI=1S/C23H21N5O3S/c1-30-20-9-5-17(13-21(20)31-2)25-22(29)14-32-23-10-8-19(26-27-23)16-3-6-18(7-4-16)28-12-11-24-15-28/h3-13,15H,14H2,1-2H3,(H,25,29). The maximum Gasteiger partial charge on any atom is 0.234 e. The molecule has 0 aliphatic rings. The first-order chi connectivity index (χ1) is 15.7. The molecule has 0 bridgehead atoms. The summed E-state index contributed by atoms with van der Waals surface area (Å²) in [6.07, 6.45) is 5.38. The Bertz CT molecular complexity index is 1180. The van der Waals surface area contributed by atoms with E-state index in [-0.39, 0.29) is 11.7 Å². The lowest BCUT2D eigenvalue weighted by Gasteiger charge is -2.10. The van der Waals surface area contributed by atoms with Crippen molar-refractivity contribution in [3.8, 4) is 28.4 Å². The normalized spacial score (nSPS) is 10.6. The minimum Gasteiger partial charge on any atom is -0.493 e. The minimum absolute atomic E-state index is 0.150. The topological polar surface area (TPSA) is 91.2 Å². The van der Waals surface area contributed by atoms with Gasteiger partial charge in [0, 0.05) is 35.4 Å². The number of aromatic nitrogens is 4. The number of amides is 1. The summed E-state index contributed by atoms with van der Waals surface area (Å²) in [4.78, 5) is 16.4. The van der Waals surface area contributed by atoms with Gasteiger partial charge in [-0.25, -0.2) is 4.98 Å². The van der Waals surface area contributed by atoms with Crippen molar-refractivity contribution in [2.75, 3.05) is 25.3 Å². The Morgan fingerprint density at radius 1 is 1.00 bits per heavy atom. The van der Waals surface area contributed by atoms with Crippen LogP contribution in [0.25, 0.3) is 16.9 Å². The summed E-state index contributed by atoms with van der Waals surface area (Å²) in [5, 5.41) is 12.0. The number of benzene rings is 2. The molecule has 0 aliphatic carbocycles. The molecule has 2 heterocycles. The Morgan fingerprint density at radius 2 is 1.81 bits per heavy atom. The number of carbonyl (C=O) groups is 1. The van der Waals surface area contributed by atoms with Gasteiger partial charge in [-0.05, 0) is 36.4 Å². The molecule has 0 aliphatic heterocycles. The third-order valence-corrected chi connectivity index (χ3v) is 5.54. The first-order valence-corrected chi connectivity index (χ1v) is 10.7. The number of hydrogen-bond donors (Lipinski definition) is 1. The quantitative estimate of drug-likeness (QED) is 0.407. The van der Waals surface area contributed by atoms with Crippen LogP contribution < -0.4 is 14.8 Å². The summed E-state index contributed by atoms with van der Waals surface area (Å²) >= 11 is 1.32. The molecule has 1 amide bonds. The van der Waals surface area contributed by atoms with Crippen molar-refractivity contribution in [2.24, 2.45) is 0 Å². The summed E-state index contributed by atoms with van der Waals surface area (Å²) in [6, 6.07) is 17.0. The van der Waals surface area contributed by atoms with Gasteiger partial charge in [0.2, 0.25) is 5.91 Å². The zero-order chi connectivity index (χ0) is 22.3. The SMILES string of the molecule is COc1ccc(NC(=O)CSc2ccc(-c3ccc(-n4ccnc4)cc3)nn2)cc1OC. The number of methoxy groups -OCH3 is 2. The molecule has 9 heteroatoms. The zero-order valence-corrected chi connectivity index (χ0v) is 18.4. The molecule has 162 valence electrons. The first kappa shape index (κ1) is 21.4. The van der Waals surface area contributed by atoms with Crippen LogP contribution in [-0.4, -0.2) is 45.6 Å². The van der Waals surface area contributed by atoms with Crippen LogP contribution in [0.3, 0.4) is 0 Å². The molecule has 4 rings (SSSR count). The lowest BCUT2D eigenvalue weighted by molar-refractivity contribution is -0.113. The lowest BCUT2D eigenvalue weighted by atomic mass is 10.1. The fraction of sp³-hybridized carbons (Fsp3) is 0.130. The van der Waals surface area contributed by atoms with Gasteiger partial charge in [0.05, 0.1) is 32.0 Å². The second-order valence-electron chi connectivity index (χ2n) is 6.68. The van der Waals surface area contributed by atoms with E-state index in [1.54, 1.807) is 44.9 Å². The second kappa shape index (κ2) is 9.97. The van der Waals surface area contributed by atoms with E-state index in [9.17, 15) is 4.79 Å². The van der Waals surface area contributed by atoms with Gasteiger partial charge in [0.1, 0.15) is 5.03 Å². The Hall–Kier alpha value is -3.85. The van der Waals surface area contributed by atoms with E-state index < -0.39 is 0 Å². The number of nitrogens with zero attached hydrogens (tertiary/aromatic N) is 4. The monoisotopic (exact) mass is 447 g/mol. The number of thioether (sulfide) groups is 1. The molecule has 2 aromatic carbocycles. The van der Waals surface area contributed by atoms with Crippen LogP contribution >= 0.6 is 11.8 Å². The van der Waals surface area contributed by atoms with E-state index in [0.29, 0.717) is 22.2 Å². The maximum atomic E-state index is 12.3. The van der Waals surface area contributed by atoms with Crippen LogP contribution in [-0.2, 0) is 4.79 Å². The van der Waals surface area contributed by atoms with E-state index in [1.807, 2.05) is 47.2 Å². The molecule has 1 N–H and O–H groups in total. The molecule has 0 fully saturated rings. The third-order valence-electron chi connectivity index (χ3n) is 4.62. The highest BCUT2D eigenvalue weighted by Crippen LogP contribution is 2.30. The van der Waals surface area contributed by atoms with Crippen molar-refractivity contribution in [2.45, 2.75) is 5.03 Å². The molecule has 4 aromatic rings. The van der Waals surface area contributed by atoms with Gasteiger partial charge in [-0.2, -0.15) is 0 Å². The molecule has 2 aromatic heterocycles. The van der Waals surface area contributed by atoms with Crippen molar-refractivity contribution in [1.82, 2.24) is 19.7 Å². The van der Waals surface area contributed by atoms with Gasteiger partial charge in [-0.1, -0.05) is 23.9 Å². The summed E-state index contributed by atoms with van der Waals surface area (Å²) in [5.74, 6) is 1.22. The van der Waals surface area contributed by atoms with Gasteiger partial charge in [-0.3, -0.25) is 4.79 Å². The Kier molecular flexibility index (Phi) is 6.66. The van der Waals surface area contributed by atoms with Crippen molar-refractivity contribution in [1.29, 1.82) is 0 Å². The Morgan fingerprint density at radius 3 is 2.47 bits per heavy atom. The van der Waals surface area contributed by atoms with E-state index in [2.05, 4.69) is 20.5 Å². The van der Waals surface area contributed by atoms with Gasteiger partial charge in [0.25, 0.3) is 0 Å². The van der Waals surface area contributed by atoms with E-state index in [0.717, 1.165) is 16.9 Å². The molecule has 8 nitrogen and oxygen atoms in total. The smallest absolute Gasteiger partial charge is 0.234 e. The van der Waals surface area contributed by atoms with E-state index in [4.69, 9.17) is 9.47 Å². The van der Waals surface area contributed by atoms with Crippen LogP contribution in [0, 0.1) is 0 Å². The molecule has 0 atom stereocenters.